The number of aliphatic hydroxyl groups is 1. The lowest BCUT2D eigenvalue weighted by Gasteiger charge is -2.41. The molecule has 1 amide bonds. The van der Waals surface area contributed by atoms with Crippen LogP contribution in [0.5, 0.6) is 0 Å². The smallest absolute Gasteiger partial charge is 0.387 e. The molecule has 3 aromatic rings. The first kappa shape index (κ1) is 25.0. The zero-order valence-corrected chi connectivity index (χ0v) is 18.7. The van der Waals surface area contributed by atoms with Gasteiger partial charge in [0, 0.05) is 6.20 Å². The fourth-order valence-corrected chi connectivity index (χ4v) is 4.33. The van der Waals surface area contributed by atoms with Gasteiger partial charge in [0.25, 0.3) is 5.91 Å². The minimum Gasteiger partial charge on any atom is -0.387 e. The van der Waals surface area contributed by atoms with E-state index in [1.165, 1.54) is 24.5 Å². The second-order valence-corrected chi connectivity index (χ2v) is 8.61. The number of hydrogen-bond acceptors (Lipinski definition) is 5. The lowest BCUT2D eigenvalue weighted by Crippen LogP contribution is -2.49. The summed E-state index contributed by atoms with van der Waals surface area (Å²) < 4.78 is 67.9. The van der Waals surface area contributed by atoms with Gasteiger partial charge in [0.2, 0.25) is 0 Å². The molecule has 0 spiro atoms. The Hall–Kier alpha value is -3.12. The van der Waals surface area contributed by atoms with Crippen LogP contribution in [-0.4, -0.2) is 42.8 Å². The number of rotatable bonds is 5. The van der Waals surface area contributed by atoms with E-state index in [4.69, 9.17) is 11.6 Å². The summed E-state index contributed by atoms with van der Waals surface area (Å²) in [5, 5.41) is 21.1. The van der Waals surface area contributed by atoms with Gasteiger partial charge >= 0.3 is 6.18 Å². The molecule has 0 bridgehead atoms. The summed E-state index contributed by atoms with van der Waals surface area (Å²) in [5.41, 5.74) is -3.65. The van der Waals surface area contributed by atoms with Crippen molar-refractivity contribution in [2.45, 2.75) is 49.7 Å². The quantitative estimate of drug-likeness (QED) is 0.485. The van der Waals surface area contributed by atoms with E-state index in [-0.39, 0.29) is 42.0 Å². The molecule has 1 aliphatic carbocycles. The number of amides is 1. The number of aromatic nitrogens is 4. The molecule has 186 valence electrons. The van der Waals surface area contributed by atoms with Gasteiger partial charge in [-0.1, -0.05) is 23.7 Å². The van der Waals surface area contributed by atoms with E-state index < -0.39 is 47.0 Å². The lowest BCUT2D eigenvalue weighted by atomic mass is 9.76. The van der Waals surface area contributed by atoms with Gasteiger partial charge in [-0.3, -0.25) is 4.79 Å². The number of hydrogen-bond donors (Lipinski definition) is 2. The number of carbonyl (C=O) groups is 1. The molecule has 2 heterocycles. The van der Waals surface area contributed by atoms with Crippen molar-refractivity contribution in [3.05, 3.63) is 70.5 Å². The number of benzene rings is 1. The Morgan fingerprint density at radius 3 is 2.51 bits per heavy atom. The van der Waals surface area contributed by atoms with E-state index in [1.807, 2.05) is 0 Å². The van der Waals surface area contributed by atoms with Gasteiger partial charge in [0.05, 0.1) is 34.6 Å². The molecule has 35 heavy (non-hydrogen) atoms. The minimum atomic E-state index is -4.75. The van der Waals surface area contributed by atoms with Crippen molar-refractivity contribution in [2.24, 2.45) is 0 Å². The molecule has 0 radical (unpaired) electrons. The first-order chi connectivity index (χ1) is 16.5. The normalized spacial score (nSPS) is 21.5. The van der Waals surface area contributed by atoms with Gasteiger partial charge in [0.1, 0.15) is 17.7 Å². The molecule has 1 saturated carbocycles. The molecule has 1 atom stereocenters. The van der Waals surface area contributed by atoms with Crippen LogP contribution in [0.25, 0.3) is 5.69 Å². The van der Waals surface area contributed by atoms with E-state index in [0.717, 1.165) is 10.9 Å². The monoisotopic (exact) mass is 515 g/mol. The highest BCUT2D eigenvalue weighted by molar-refractivity contribution is 6.31. The Kier molecular flexibility index (Phi) is 6.78. The van der Waals surface area contributed by atoms with Crippen LogP contribution in [0.1, 0.15) is 53.3 Å². The summed E-state index contributed by atoms with van der Waals surface area (Å²) in [4.78, 5) is 17.8. The standard InChI is InChI=1S/C22H19ClF5N5O2/c23-17-14(2-1-3-15(17)25)19(21(35)6-4-13(24)5-7-21)32-20(34)18-16(33-30-8-9-31-33)10-12(11-29-18)22(26,27)28/h1-3,8-11,13,19,35H,4-7H2,(H,32,34)/t13-,19?,21+. The molecule has 2 N–H and O–H groups in total. The highest BCUT2D eigenvalue weighted by Crippen LogP contribution is 2.42. The molecule has 4 rings (SSSR count). The molecule has 2 aromatic heterocycles. The molecule has 1 aliphatic rings. The fraction of sp³-hybridized carbons (Fsp3) is 0.364. The van der Waals surface area contributed by atoms with Crippen molar-refractivity contribution in [3.8, 4) is 5.69 Å². The summed E-state index contributed by atoms with van der Waals surface area (Å²) in [6, 6.07) is 3.16. The largest absolute Gasteiger partial charge is 0.417 e. The Balaban J connectivity index is 1.77. The third-order valence-electron chi connectivity index (χ3n) is 5.93. The molecule has 7 nitrogen and oxygen atoms in total. The SMILES string of the molecule is O=C(NC(c1cccc(F)c1Cl)[C@]1(O)CC[C@@H](F)CC1)c1ncc(C(F)(F)F)cc1-n1nccn1. The van der Waals surface area contributed by atoms with Crippen molar-refractivity contribution in [1.82, 2.24) is 25.3 Å². The van der Waals surface area contributed by atoms with E-state index >= 15 is 0 Å². The van der Waals surface area contributed by atoms with E-state index in [1.54, 1.807) is 0 Å². The maximum Gasteiger partial charge on any atom is 0.417 e. The van der Waals surface area contributed by atoms with Crippen LogP contribution in [0.3, 0.4) is 0 Å². The van der Waals surface area contributed by atoms with Crippen LogP contribution >= 0.6 is 11.6 Å². The maximum absolute atomic E-state index is 14.2. The first-order valence-electron chi connectivity index (χ1n) is 10.5. The first-order valence-corrected chi connectivity index (χ1v) is 10.9. The second kappa shape index (κ2) is 9.50. The van der Waals surface area contributed by atoms with Crippen LogP contribution in [-0.2, 0) is 6.18 Å². The number of carbonyl (C=O) groups excluding carboxylic acids is 1. The predicted octanol–water partition coefficient (Wildman–Crippen LogP) is 4.59. The number of halogens is 6. The molecular formula is C22H19ClF5N5O2. The summed E-state index contributed by atoms with van der Waals surface area (Å²) in [5.74, 6) is -1.80. The van der Waals surface area contributed by atoms with Gasteiger partial charge in [-0.15, -0.1) is 4.80 Å². The summed E-state index contributed by atoms with van der Waals surface area (Å²) >= 11 is 6.13. The highest BCUT2D eigenvalue weighted by atomic mass is 35.5. The van der Waals surface area contributed by atoms with Crippen molar-refractivity contribution in [3.63, 3.8) is 0 Å². The molecular weight excluding hydrogens is 497 g/mol. The van der Waals surface area contributed by atoms with Crippen molar-refractivity contribution >= 4 is 17.5 Å². The molecule has 1 fully saturated rings. The Labute approximate surface area is 200 Å². The van der Waals surface area contributed by atoms with E-state index in [9.17, 15) is 31.9 Å². The van der Waals surface area contributed by atoms with Gasteiger partial charge in [-0.2, -0.15) is 23.4 Å². The van der Waals surface area contributed by atoms with Crippen molar-refractivity contribution < 1.29 is 31.9 Å². The third-order valence-corrected chi connectivity index (χ3v) is 6.33. The number of pyridine rings is 1. The van der Waals surface area contributed by atoms with Crippen LogP contribution in [0, 0.1) is 5.82 Å². The molecule has 1 unspecified atom stereocenters. The maximum atomic E-state index is 14.2. The lowest BCUT2D eigenvalue weighted by molar-refractivity contribution is -0.137. The zero-order valence-electron chi connectivity index (χ0n) is 17.9. The van der Waals surface area contributed by atoms with Gasteiger partial charge in [-0.05, 0) is 43.4 Å². The van der Waals surface area contributed by atoms with Gasteiger partial charge in [-0.25, -0.2) is 13.8 Å². The number of nitrogens with zero attached hydrogens (tertiary/aromatic N) is 4. The summed E-state index contributed by atoms with van der Waals surface area (Å²) in [7, 11) is 0. The average molecular weight is 516 g/mol. The molecule has 0 aliphatic heterocycles. The third kappa shape index (κ3) is 5.13. The van der Waals surface area contributed by atoms with E-state index in [2.05, 4.69) is 20.5 Å². The number of nitrogens with one attached hydrogen (secondary N) is 1. The summed E-state index contributed by atoms with van der Waals surface area (Å²) in [6.07, 6.45) is -3.15. The van der Waals surface area contributed by atoms with Gasteiger partial charge < -0.3 is 10.4 Å². The Bertz CT molecular complexity index is 1210. The Morgan fingerprint density at radius 2 is 1.89 bits per heavy atom. The van der Waals surface area contributed by atoms with Crippen molar-refractivity contribution in [1.29, 1.82) is 0 Å². The predicted molar refractivity (Wildman–Crippen MR) is 114 cm³/mol. The second-order valence-electron chi connectivity index (χ2n) is 8.24. The summed E-state index contributed by atoms with van der Waals surface area (Å²) in [6.45, 7) is 0. The number of alkyl halides is 4. The van der Waals surface area contributed by atoms with Crippen LogP contribution < -0.4 is 5.32 Å². The molecule has 13 heteroatoms. The topological polar surface area (TPSA) is 92.9 Å². The highest BCUT2D eigenvalue weighted by Gasteiger charge is 2.43. The molecule has 1 aromatic carbocycles. The van der Waals surface area contributed by atoms with Crippen LogP contribution in [0.15, 0.2) is 42.9 Å². The van der Waals surface area contributed by atoms with Gasteiger partial charge in [0.15, 0.2) is 5.69 Å². The fourth-order valence-electron chi connectivity index (χ4n) is 4.09. The van der Waals surface area contributed by atoms with Crippen LogP contribution in [0.4, 0.5) is 22.0 Å². The minimum absolute atomic E-state index is 0.00318. The average Bonchev–Trinajstić information content (AvgIpc) is 3.35. The van der Waals surface area contributed by atoms with Crippen molar-refractivity contribution in [2.75, 3.05) is 0 Å². The zero-order chi connectivity index (χ0) is 25.4. The Morgan fingerprint density at radius 1 is 1.23 bits per heavy atom. The van der Waals surface area contributed by atoms with Crippen LogP contribution in [0.2, 0.25) is 5.02 Å². The molecule has 0 saturated heterocycles. The van der Waals surface area contributed by atoms with E-state index in [0.29, 0.717) is 12.3 Å².